The topological polar surface area (TPSA) is 55.3 Å². The van der Waals surface area contributed by atoms with Crippen molar-refractivity contribution in [2.24, 2.45) is 4.99 Å². The van der Waals surface area contributed by atoms with Crippen LogP contribution in [0.1, 0.15) is 32.6 Å². The van der Waals surface area contributed by atoms with Crippen LogP contribution >= 0.6 is 11.6 Å². The summed E-state index contributed by atoms with van der Waals surface area (Å²) >= 11 is 6.16. The molecule has 0 saturated carbocycles. The summed E-state index contributed by atoms with van der Waals surface area (Å²) in [7, 11) is 1.82. The van der Waals surface area contributed by atoms with Crippen LogP contribution in [0.3, 0.4) is 0 Å². The Labute approximate surface area is 173 Å². The van der Waals surface area contributed by atoms with Gasteiger partial charge in [0.15, 0.2) is 5.96 Å². The number of para-hydroxylation sites is 1. The predicted octanol–water partition coefficient (Wildman–Crippen LogP) is 3.34. The van der Waals surface area contributed by atoms with Gasteiger partial charge in [-0.1, -0.05) is 23.7 Å². The van der Waals surface area contributed by atoms with Gasteiger partial charge in [-0.2, -0.15) is 0 Å². The standard InChI is InChI=1S/C21H32ClN3O3/c1-16(28-20-8-4-3-7-19(20)22)14-24-21(23-2)25-11-9-17(10-12-25)27-15-18-6-5-13-26-18/h3-4,7-8,16-18H,5-6,9-15H2,1-2H3,(H,23,24). The summed E-state index contributed by atoms with van der Waals surface area (Å²) in [4.78, 5) is 6.72. The molecule has 1 N–H and O–H groups in total. The third-order valence-corrected chi connectivity index (χ3v) is 5.52. The Morgan fingerprint density at radius 2 is 2.11 bits per heavy atom. The van der Waals surface area contributed by atoms with Crippen molar-refractivity contribution in [3.8, 4) is 5.75 Å². The molecule has 2 fully saturated rings. The van der Waals surface area contributed by atoms with Crippen molar-refractivity contribution >= 4 is 17.6 Å². The van der Waals surface area contributed by atoms with E-state index in [1.807, 2.05) is 38.2 Å². The smallest absolute Gasteiger partial charge is 0.193 e. The molecule has 156 valence electrons. The molecule has 0 bridgehead atoms. The van der Waals surface area contributed by atoms with E-state index >= 15 is 0 Å². The molecule has 28 heavy (non-hydrogen) atoms. The Bertz CT molecular complexity index is 629. The first kappa shape index (κ1) is 21.2. The first-order valence-corrected chi connectivity index (χ1v) is 10.6. The molecule has 2 saturated heterocycles. The van der Waals surface area contributed by atoms with Gasteiger partial charge >= 0.3 is 0 Å². The van der Waals surface area contributed by atoms with E-state index < -0.39 is 0 Å². The van der Waals surface area contributed by atoms with E-state index in [1.54, 1.807) is 0 Å². The van der Waals surface area contributed by atoms with Gasteiger partial charge in [-0.3, -0.25) is 4.99 Å². The van der Waals surface area contributed by atoms with E-state index in [9.17, 15) is 0 Å². The highest BCUT2D eigenvalue weighted by atomic mass is 35.5. The number of nitrogens with zero attached hydrogens (tertiary/aromatic N) is 2. The third kappa shape index (κ3) is 6.26. The van der Waals surface area contributed by atoms with Gasteiger partial charge in [-0.25, -0.2) is 0 Å². The third-order valence-electron chi connectivity index (χ3n) is 5.21. The van der Waals surface area contributed by atoms with Crippen molar-refractivity contribution in [1.82, 2.24) is 10.2 Å². The molecule has 2 atom stereocenters. The van der Waals surface area contributed by atoms with Crippen LogP contribution in [-0.2, 0) is 9.47 Å². The molecule has 1 aromatic rings. The molecule has 3 rings (SSSR count). The number of piperidine rings is 1. The number of aliphatic imine (C=N–C) groups is 1. The Hall–Kier alpha value is -1.50. The van der Waals surface area contributed by atoms with Crippen LogP contribution < -0.4 is 10.1 Å². The predicted molar refractivity (Wildman–Crippen MR) is 112 cm³/mol. The molecule has 0 aliphatic carbocycles. The van der Waals surface area contributed by atoms with Crippen LogP contribution in [0.15, 0.2) is 29.3 Å². The Kier molecular flexibility index (Phi) is 8.25. The van der Waals surface area contributed by atoms with Crippen molar-refractivity contribution in [2.45, 2.75) is 50.9 Å². The molecule has 6 nitrogen and oxygen atoms in total. The maximum atomic E-state index is 6.16. The van der Waals surface area contributed by atoms with E-state index in [0.29, 0.717) is 29.5 Å². The van der Waals surface area contributed by atoms with Gasteiger partial charge in [0.1, 0.15) is 11.9 Å². The minimum atomic E-state index is -0.0241. The highest BCUT2D eigenvalue weighted by molar-refractivity contribution is 6.32. The summed E-state index contributed by atoms with van der Waals surface area (Å²) in [6.45, 7) is 6.18. The summed E-state index contributed by atoms with van der Waals surface area (Å²) in [5.74, 6) is 1.62. The van der Waals surface area contributed by atoms with Crippen molar-refractivity contribution < 1.29 is 14.2 Å². The molecule has 0 aromatic heterocycles. The van der Waals surface area contributed by atoms with E-state index in [-0.39, 0.29) is 6.10 Å². The van der Waals surface area contributed by atoms with E-state index in [0.717, 1.165) is 57.9 Å². The molecule has 0 spiro atoms. The average molecular weight is 410 g/mol. The number of hydrogen-bond donors (Lipinski definition) is 1. The lowest BCUT2D eigenvalue weighted by Gasteiger charge is -2.34. The highest BCUT2D eigenvalue weighted by Crippen LogP contribution is 2.24. The van der Waals surface area contributed by atoms with Gasteiger partial charge in [-0.15, -0.1) is 0 Å². The lowest BCUT2D eigenvalue weighted by molar-refractivity contribution is -0.0367. The first-order valence-electron chi connectivity index (χ1n) is 10.3. The number of hydrogen-bond acceptors (Lipinski definition) is 4. The van der Waals surface area contributed by atoms with Gasteiger partial charge < -0.3 is 24.4 Å². The molecule has 0 amide bonds. The monoisotopic (exact) mass is 409 g/mol. The number of nitrogens with one attached hydrogen (secondary N) is 1. The fourth-order valence-corrected chi connectivity index (χ4v) is 3.80. The number of guanidine groups is 1. The quantitative estimate of drug-likeness (QED) is 0.553. The summed E-state index contributed by atoms with van der Waals surface area (Å²) in [5.41, 5.74) is 0. The molecule has 2 aliphatic heterocycles. The van der Waals surface area contributed by atoms with E-state index in [2.05, 4.69) is 15.2 Å². The zero-order valence-electron chi connectivity index (χ0n) is 16.9. The zero-order valence-corrected chi connectivity index (χ0v) is 17.7. The Balaban J connectivity index is 1.37. The fourth-order valence-electron chi connectivity index (χ4n) is 3.62. The number of ether oxygens (including phenoxy) is 3. The second-order valence-corrected chi connectivity index (χ2v) is 7.85. The Morgan fingerprint density at radius 1 is 1.32 bits per heavy atom. The highest BCUT2D eigenvalue weighted by Gasteiger charge is 2.24. The number of benzene rings is 1. The van der Waals surface area contributed by atoms with Crippen LogP contribution in [0, 0.1) is 0 Å². The lowest BCUT2D eigenvalue weighted by atomic mass is 10.1. The van der Waals surface area contributed by atoms with Crippen molar-refractivity contribution in [3.63, 3.8) is 0 Å². The van der Waals surface area contributed by atoms with Crippen LogP contribution in [0.25, 0.3) is 0 Å². The molecule has 2 unspecified atom stereocenters. The summed E-state index contributed by atoms with van der Waals surface area (Å²) < 4.78 is 17.6. The number of rotatable bonds is 7. The van der Waals surface area contributed by atoms with Crippen molar-refractivity contribution in [2.75, 3.05) is 39.9 Å². The van der Waals surface area contributed by atoms with Crippen LogP contribution in [0.2, 0.25) is 5.02 Å². The van der Waals surface area contributed by atoms with Crippen LogP contribution in [0.5, 0.6) is 5.75 Å². The normalized spacial score (nSPS) is 22.3. The van der Waals surface area contributed by atoms with E-state index in [4.69, 9.17) is 25.8 Å². The van der Waals surface area contributed by atoms with Crippen LogP contribution in [0.4, 0.5) is 0 Å². The van der Waals surface area contributed by atoms with Gasteiger partial charge in [0.05, 0.1) is 30.4 Å². The summed E-state index contributed by atoms with van der Waals surface area (Å²) in [5, 5.41) is 4.05. The van der Waals surface area contributed by atoms with Gasteiger partial charge in [-0.05, 0) is 44.7 Å². The van der Waals surface area contributed by atoms with Gasteiger partial charge in [0.25, 0.3) is 0 Å². The van der Waals surface area contributed by atoms with Crippen LogP contribution in [-0.4, -0.2) is 69.1 Å². The maximum Gasteiger partial charge on any atom is 0.193 e. The fraction of sp³-hybridized carbons (Fsp3) is 0.667. The number of likely N-dealkylation sites (tertiary alicyclic amines) is 1. The molecule has 0 radical (unpaired) electrons. The van der Waals surface area contributed by atoms with Crippen molar-refractivity contribution in [1.29, 1.82) is 0 Å². The molecule has 2 heterocycles. The SMILES string of the molecule is CN=C(NCC(C)Oc1ccccc1Cl)N1CCC(OCC2CCCO2)CC1. The molecule has 7 heteroatoms. The molecular formula is C21H32ClN3O3. The largest absolute Gasteiger partial charge is 0.487 e. The lowest BCUT2D eigenvalue weighted by Crippen LogP contribution is -2.49. The summed E-state index contributed by atoms with van der Waals surface area (Å²) in [6, 6.07) is 7.54. The first-order chi connectivity index (χ1) is 13.7. The minimum Gasteiger partial charge on any atom is -0.487 e. The minimum absolute atomic E-state index is 0.0241. The van der Waals surface area contributed by atoms with Gasteiger partial charge in [0.2, 0.25) is 0 Å². The molecule has 2 aliphatic rings. The zero-order chi connectivity index (χ0) is 19.8. The maximum absolute atomic E-state index is 6.16. The van der Waals surface area contributed by atoms with Gasteiger partial charge in [0, 0.05) is 26.7 Å². The Morgan fingerprint density at radius 3 is 2.79 bits per heavy atom. The second kappa shape index (κ2) is 10.9. The molecular weight excluding hydrogens is 378 g/mol. The van der Waals surface area contributed by atoms with E-state index in [1.165, 1.54) is 0 Å². The average Bonchev–Trinajstić information content (AvgIpc) is 3.23. The number of halogens is 1. The summed E-state index contributed by atoms with van der Waals surface area (Å²) in [6.07, 6.45) is 4.91. The molecule has 1 aromatic carbocycles. The van der Waals surface area contributed by atoms with Crippen molar-refractivity contribution in [3.05, 3.63) is 29.3 Å². The second-order valence-electron chi connectivity index (χ2n) is 7.44.